The average Bonchev–Trinajstić information content (AvgIpc) is 3.24. The molecule has 2 aromatic carbocycles. The van der Waals surface area contributed by atoms with Crippen molar-refractivity contribution >= 4 is 47.0 Å². The number of likely N-dealkylation sites (N-methyl/N-ethyl adjacent to an activating group) is 1. The number of fused-ring (bicyclic) bond motifs is 2. The monoisotopic (exact) mass is 494 g/mol. The van der Waals surface area contributed by atoms with E-state index in [-0.39, 0.29) is 12.5 Å². The van der Waals surface area contributed by atoms with E-state index in [2.05, 4.69) is 6.92 Å². The second-order valence-corrected chi connectivity index (χ2v) is 9.37. The van der Waals surface area contributed by atoms with E-state index in [1.807, 2.05) is 51.9 Å². The fourth-order valence-electron chi connectivity index (χ4n) is 4.60. The third-order valence-electron chi connectivity index (χ3n) is 6.30. The van der Waals surface area contributed by atoms with E-state index in [9.17, 15) is 14.4 Å². The minimum atomic E-state index is -0.785. The van der Waals surface area contributed by atoms with E-state index in [1.54, 1.807) is 19.2 Å². The van der Waals surface area contributed by atoms with Gasteiger partial charge in [-0.15, -0.1) is 0 Å². The van der Waals surface area contributed by atoms with Crippen LogP contribution < -0.4 is 4.90 Å². The highest BCUT2D eigenvalue weighted by molar-refractivity contribution is 6.30. The standard InChI is InChI=1S/C25H25ClN5O4/c1-16-12-29(19-10-8-18(26)9-11-19)24-27-22-21(30(24)13-16)23(33)31(25(34)28(22)2)14-20(32)35-15-17-6-4-3-5-7-17/h3-11,16,21H,12-15H2,1-2H3/q+1. The van der Waals surface area contributed by atoms with E-state index in [1.165, 1.54) is 4.90 Å². The van der Waals surface area contributed by atoms with Gasteiger partial charge in [-0.25, -0.2) is 19.2 Å². The number of amides is 3. The Bertz CT molecular complexity index is 1240. The molecule has 35 heavy (non-hydrogen) atoms. The number of hydrogen-bond donors (Lipinski definition) is 0. The molecule has 3 amide bonds. The fourth-order valence-corrected chi connectivity index (χ4v) is 4.72. The van der Waals surface area contributed by atoms with Crippen LogP contribution in [-0.4, -0.2) is 76.8 Å². The van der Waals surface area contributed by atoms with Crippen LogP contribution in [0.2, 0.25) is 5.02 Å². The van der Waals surface area contributed by atoms with Crippen molar-refractivity contribution in [3.63, 3.8) is 0 Å². The van der Waals surface area contributed by atoms with Crippen LogP contribution in [0.4, 0.5) is 10.5 Å². The van der Waals surface area contributed by atoms with E-state index >= 15 is 0 Å². The van der Waals surface area contributed by atoms with Gasteiger partial charge in [0.2, 0.25) is 11.9 Å². The summed E-state index contributed by atoms with van der Waals surface area (Å²) < 4.78 is 7.22. The molecule has 0 aliphatic carbocycles. The van der Waals surface area contributed by atoms with Crippen molar-refractivity contribution in [3.05, 3.63) is 65.2 Å². The van der Waals surface area contributed by atoms with Crippen molar-refractivity contribution < 1.29 is 23.7 Å². The quantitative estimate of drug-likeness (QED) is 0.471. The van der Waals surface area contributed by atoms with Gasteiger partial charge in [-0.2, -0.15) is 0 Å². The molecule has 2 atom stereocenters. The molecule has 0 spiro atoms. The fraction of sp³-hybridized carbons (Fsp3) is 0.320. The lowest BCUT2D eigenvalue weighted by Gasteiger charge is -2.35. The molecule has 9 nitrogen and oxygen atoms in total. The zero-order valence-corrected chi connectivity index (χ0v) is 20.2. The van der Waals surface area contributed by atoms with Gasteiger partial charge >= 0.3 is 18.0 Å². The molecule has 0 saturated carbocycles. The van der Waals surface area contributed by atoms with E-state index in [0.29, 0.717) is 29.9 Å². The molecule has 10 heteroatoms. The summed E-state index contributed by atoms with van der Waals surface area (Å²) in [5.74, 6) is 0.0536. The maximum Gasteiger partial charge on any atom is 0.397 e. The highest BCUT2D eigenvalue weighted by Gasteiger charge is 2.55. The molecule has 0 bridgehead atoms. The molecule has 0 N–H and O–H groups in total. The predicted octanol–water partition coefficient (Wildman–Crippen LogP) is 2.58. The van der Waals surface area contributed by atoms with Gasteiger partial charge in [0.25, 0.3) is 5.91 Å². The first kappa shape index (κ1) is 23.0. The number of esters is 1. The summed E-state index contributed by atoms with van der Waals surface area (Å²) in [6, 6.07) is 15.3. The first-order chi connectivity index (χ1) is 16.8. The van der Waals surface area contributed by atoms with Gasteiger partial charge < -0.3 is 4.74 Å². The summed E-state index contributed by atoms with van der Waals surface area (Å²) in [5, 5.41) is 0.627. The number of carbonyl (C=O) groups excluding carboxylic acids is 3. The number of ether oxygens (including phenoxy) is 1. The molecule has 3 aliphatic heterocycles. The van der Waals surface area contributed by atoms with Crippen LogP contribution in [0, 0.1) is 5.92 Å². The number of hydrogen-bond acceptors (Lipinski definition) is 6. The number of anilines is 1. The van der Waals surface area contributed by atoms with Crippen molar-refractivity contribution in [2.45, 2.75) is 19.6 Å². The Balaban J connectivity index is 1.39. The van der Waals surface area contributed by atoms with E-state index < -0.39 is 30.5 Å². The number of nitrogens with zero attached hydrogens (tertiary/aromatic N) is 5. The van der Waals surface area contributed by atoms with Crippen LogP contribution in [0.5, 0.6) is 0 Å². The number of imide groups is 1. The second-order valence-electron chi connectivity index (χ2n) is 8.93. The normalized spacial score (nSPS) is 21.7. The van der Waals surface area contributed by atoms with Gasteiger partial charge in [-0.05, 0) is 29.8 Å². The molecule has 180 valence electrons. The molecule has 1 saturated heterocycles. The Hall–Kier alpha value is -3.72. The maximum atomic E-state index is 13.5. The summed E-state index contributed by atoms with van der Waals surface area (Å²) in [5.41, 5.74) is 1.72. The summed E-state index contributed by atoms with van der Waals surface area (Å²) in [7, 11) is 1.57. The van der Waals surface area contributed by atoms with Gasteiger partial charge in [-0.3, -0.25) is 14.5 Å². The number of rotatable bonds is 5. The number of aliphatic imine (C=N–C) groups is 1. The summed E-state index contributed by atoms with van der Waals surface area (Å²) >= 11 is 6.06. The lowest BCUT2D eigenvalue weighted by Crippen LogP contribution is -2.64. The minimum Gasteiger partial charge on any atom is -0.459 e. The predicted molar refractivity (Wildman–Crippen MR) is 130 cm³/mol. The molecule has 5 rings (SSSR count). The SMILES string of the molecule is CC1CN(c2ccc(Cl)cc2)C2=[N+](C1)C1C(=O)N(CC(=O)OCc3ccccc3)C(=O)N(C)C1=N2. The smallest absolute Gasteiger partial charge is 0.397 e. The van der Waals surface area contributed by atoms with Crippen LogP contribution >= 0.6 is 11.6 Å². The number of urea groups is 1. The molecular formula is C25H25ClN5O4+. The number of amidine groups is 1. The van der Waals surface area contributed by atoms with Gasteiger partial charge in [-0.1, -0.05) is 53.8 Å². The molecule has 0 radical (unpaired) electrons. The van der Waals surface area contributed by atoms with Crippen LogP contribution in [0.25, 0.3) is 0 Å². The summed E-state index contributed by atoms with van der Waals surface area (Å²) in [4.78, 5) is 48.1. The van der Waals surface area contributed by atoms with Crippen LogP contribution in [-0.2, 0) is 20.9 Å². The van der Waals surface area contributed by atoms with Crippen molar-refractivity contribution in [1.29, 1.82) is 0 Å². The summed E-state index contributed by atoms with van der Waals surface area (Å²) in [6.07, 6.45) is 0. The third kappa shape index (κ3) is 4.27. The molecule has 0 aromatic heterocycles. The Labute approximate surface area is 207 Å². The second kappa shape index (κ2) is 9.14. The summed E-state index contributed by atoms with van der Waals surface area (Å²) in [6.45, 7) is 3.01. The Kier molecular flexibility index (Phi) is 6.02. The highest BCUT2D eigenvalue weighted by atomic mass is 35.5. The molecule has 3 heterocycles. The van der Waals surface area contributed by atoms with Crippen LogP contribution in [0.15, 0.2) is 59.6 Å². The van der Waals surface area contributed by atoms with E-state index in [4.69, 9.17) is 21.3 Å². The third-order valence-corrected chi connectivity index (χ3v) is 6.55. The van der Waals surface area contributed by atoms with Crippen molar-refractivity contribution in [1.82, 2.24) is 9.80 Å². The van der Waals surface area contributed by atoms with E-state index in [0.717, 1.165) is 16.2 Å². The average molecular weight is 495 g/mol. The number of halogens is 1. The molecular weight excluding hydrogens is 470 g/mol. The number of benzene rings is 2. The Morgan fingerprint density at radius 2 is 1.86 bits per heavy atom. The number of carbonyl (C=O) groups is 3. The zero-order chi connectivity index (χ0) is 24.7. The van der Waals surface area contributed by atoms with Crippen molar-refractivity contribution in [3.8, 4) is 0 Å². The topological polar surface area (TPSA) is 85.5 Å². The highest BCUT2D eigenvalue weighted by Crippen LogP contribution is 2.28. The lowest BCUT2D eigenvalue weighted by atomic mass is 10.1. The van der Waals surface area contributed by atoms with Gasteiger partial charge in [0, 0.05) is 18.0 Å². The largest absolute Gasteiger partial charge is 0.459 e. The molecule has 1 fully saturated rings. The first-order valence-corrected chi connectivity index (χ1v) is 11.7. The van der Waals surface area contributed by atoms with Gasteiger partial charge in [0.15, 0.2) is 0 Å². The molecule has 2 unspecified atom stereocenters. The lowest BCUT2D eigenvalue weighted by molar-refractivity contribution is -0.545. The van der Waals surface area contributed by atoms with Crippen LogP contribution in [0.1, 0.15) is 12.5 Å². The zero-order valence-electron chi connectivity index (χ0n) is 19.4. The van der Waals surface area contributed by atoms with Gasteiger partial charge in [0.05, 0.1) is 13.1 Å². The van der Waals surface area contributed by atoms with Gasteiger partial charge in [0.1, 0.15) is 18.8 Å². The minimum absolute atomic E-state index is 0.0689. The molecule has 3 aliphatic rings. The number of guanidine groups is 1. The maximum absolute atomic E-state index is 13.5. The Morgan fingerprint density at radius 3 is 2.57 bits per heavy atom. The van der Waals surface area contributed by atoms with Crippen molar-refractivity contribution in [2.75, 3.05) is 31.6 Å². The first-order valence-electron chi connectivity index (χ1n) is 11.4. The molecule has 2 aromatic rings. The van der Waals surface area contributed by atoms with Crippen molar-refractivity contribution in [2.24, 2.45) is 10.9 Å². The van der Waals surface area contributed by atoms with Crippen LogP contribution in [0.3, 0.4) is 0 Å². The Morgan fingerprint density at radius 1 is 1.14 bits per heavy atom.